The van der Waals surface area contributed by atoms with E-state index in [1.54, 1.807) is 67.6 Å². The summed E-state index contributed by atoms with van der Waals surface area (Å²) in [5, 5.41) is 28.0. The lowest BCUT2D eigenvalue weighted by atomic mass is 10.1. The molecule has 1 unspecified atom stereocenters. The zero-order valence-electron chi connectivity index (χ0n) is 23.2. The number of hydrogen-bond acceptors (Lipinski definition) is 7. The molecule has 4 aromatic carbocycles. The van der Waals surface area contributed by atoms with E-state index in [-0.39, 0.29) is 28.4 Å². The summed E-state index contributed by atoms with van der Waals surface area (Å²) in [6.45, 7) is 1.72. The number of amides is 3. The molecular formula is C32H26N4O7S. The van der Waals surface area contributed by atoms with Gasteiger partial charge in [0.1, 0.15) is 5.70 Å². The van der Waals surface area contributed by atoms with Crippen LogP contribution in [0.3, 0.4) is 0 Å². The minimum atomic E-state index is -1.06. The van der Waals surface area contributed by atoms with Crippen LogP contribution in [0, 0.1) is 10.1 Å². The smallest absolute Gasteiger partial charge is 0.335 e. The van der Waals surface area contributed by atoms with Crippen LogP contribution in [0.4, 0.5) is 17.1 Å². The molecular weight excluding hydrogens is 584 g/mol. The Kier molecular flexibility index (Phi) is 10.2. The average molecular weight is 611 g/mol. The Morgan fingerprint density at radius 2 is 1.39 bits per heavy atom. The van der Waals surface area contributed by atoms with E-state index in [0.29, 0.717) is 16.9 Å². The second kappa shape index (κ2) is 14.4. The molecule has 222 valence electrons. The maximum atomic E-state index is 13.3. The number of aromatic carboxylic acids is 1. The molecule has 0 aromatic heterocycles. The molecule has 0 aliphatic rings. The molecule has 0 bridgehead atoms. The number of anilines is 2. The second-order valence-corrected chi connectivity index (χ2v) is 10.7. The van der Waals surface area contributed by atoms with Gasteiger partial charge in [0.15, 0.2) is 0 Å². The molecule has 11 nitrogen and oxygen atoms in total. The molecule has 0 aliphatic heterocycles. The third kappa shape index (κ3) is 8.39. The van der Waals surface area contributed by atoms with Crippen LogP contribution in [-0.2, 0) is 9.59 Å². The summed E-state index contributed by atoms with van der Waals surface area (Å²) >= 11 is 1.27. The molecule has 44 heavy (non-hydrogen) atoms. The third-order valence-corrected chi connectivity index (χ3v) is 7.27. The second-order valence-electron chi connectivity index (χ2n) is 9.30. The Morgan fingerprint density at radius 3 is 2.02 bits per heavy atom. The largest absolute Gasteiger partial charge is 0.478 e. The Bertz CT molecular complexity index is 1720. The fourth-order valence-electron chi connectivity index (χ4n) is 3.89. The molecule has 0 saturated heterocycles. The number of benzene rings is 4. The van der Waals surface area contributed by atoms with Gasteiger partial charge < -0.3 is 21.1 Å². The van der Waals surface area contributed by atoms with Crippen molar-refractivity contribution in [1.82, 2.24) is 5.32 Å². The molecule has 0 saturated carbocycles. The van der Waals surface area contributed by atoms with Gasteiger partial charge in [0.05, 0.1) is 21.3 Å². The van der Waals surface area contributed by atoms with E-state index in [0.717, 1.165) is 4.90 Å². The number of carbonyl (C=O) groups excluding carboxylic acids is 3. The number of nitrogens with one attached hydrogen (secondary N) is 3. The van der Waals surface area contributed by atoms with Gasteiger partial charge in [0.2, 0.25) is 5.91 Å². The highest BCUT2D eigenvalue weighted by atomic mass is 32.2. The van der Waals surface area contributed by atoms with E-state index in [9.17, 15) is 29.3 Å². The molecule has 0 fully saturated rings. The first-order chi connectivity index (χ1) is 21.1. The van der Waals surface area contributed by atoms with Crippen LogP contribution in [0.2, 0.25) is 0 Å². The van der Waals surface area contributed by atoms with E-state index in [1.807, 2.05) is 0 Å². The lowest BCUT2D eigenvalue weighted by Crippen LogP contribution is -2.30. The minimum Gasteiger partial charge on any atom is -0.478 e. The van der Waals surface area contributed by atoms with Crippen molar-refractivity contribution in [3.63, 3.8) is 0 Å². The molecule has 0 spiro atoms. The molecule has 4 aromatic rings. The van der Waals surface area contributed by atoms with Crippen molar-refractivity contribution in [2.45, 2.75) is 17.1 Å². The number of hydrogen-bond donors (Lipinski definition) is 4. The fraction of sp³-hybridized carbons (Fsp3) is 0.0625. The molecule has 4 N–H and O–H groups in total. The van der Waals surface area contributed by atoms with Crippen molar-refractivity contribution in [1.29, 1.82) is 0 Å². The van der Waals surface area contributed by atoms with Crippen LogP contribution in [0.25, 0.3) is 6.08 Å². The molecule has 12 heteroatoms. The molecule has 3 amide bonds. The van der Waals surface area contributed by atoms with Crippen molar-refractivity contribution in [2.24, 2.45) is 0 Å². The van der Waals surface area contributed by atoms with Crippen molar-refractivity contribution in [3.8, 4) is 0 Å². The summed E-state index contributed by atoms with van der Waals surface area (Å²) in [7, 11) is 0. The number of carboxylic acid groups (broad SMARTS) is 1. The summed E-state index contributed by atoms with van der Waals surface area (Å²) in [6, 6.07) is 26.6. The number of carboxylic acids is 1. The molecule has 0 aliphatic carbocycles. The highest BCUT2D eigenvalue weighted by Crippen LogP contribution is 2.26. The topological polar surface area (TPSA) is 168 Å². The lowest BCUT2D eigenvalue weighted by molar-refractivity contribution is -0.385. The highest BCUT2D eigenvalue weighted by molar-refractivity contribution is 8.00. The fourth-order valence-corrected chi connectivity index (χ4v) is 4.75. The van der Waals surface area contributed by atoms with Crippen LogP contribution >= 0.6 is 11.8 Å². The van der Waals surface area contributed by atoms with Gasteiger partial charge >= 0.3 is 5.97 Å². The number of nitro benzene ring substituents is 1. The number of nitrogens with zero attached hydrogens (tertiary/aromatic N) is 1. The van der Waals surface area contributed by atoms with E-state index < -0.39 is 28.0 Å². The Morgan fingerprint density at radius 1 is 0.795 bits per heavy atom. The quantitative estimate of drug-likeness (QED) is 0.0713. The van der Waals surface area contributed by atoms with Gasteiger partial charge in [-0.15, -0.1) is 11.8 Å². The van der Waals surface area contributed by atoms with Crippen LogP contribution < -0.4 is 16.0 Å². The van der Waals surface area contributed by atoms with Crippen LogP contribution in [-0.4, -0.2) is 39.0 Å². The van der Waals surface area contributed by atoms with Gasteiger partial charge in [0.25, 0.3) is 17.5 Å². The number of rotatable bonds is 11. The first-order valence-corrected chi connectivity index (χ1v) is 14.0. The molecule has 4 rings (SSSR count). The Balaban J connectivity index is 1.45. The maximum Gasteiger partial charge on any atom is 0.335 e. The summed E-state index contributed by atoms with van der Waals surface area (Å²) < 4.78 is 0. The number of thioether (sulfide) groups is 1. The van der Waals surface area contributed by atoms with Gasteiger partial charge in [-0.3, -0.25) is 24.5 Å². The highest BCUT2D eigenvalue weighted by Gasteiger charge is 2.19. The normalized spacial score (nSPS) is 11.6. The van der Waals surface area contributed by atoms with E-state index in [1.165, 1.54) is 60.3 Å². The van der Waals surface area contributed by atoms with Crippen LogP contribution in [0.5, 0.6) is 0 Å². The standard InChI is InChI=1S/C32H26N4O7S/c1-20(29(37)33-24-13-11-22(12-14-24)32(40)41)44-26-17-15-25(16-18-26)34-31(39)27(35-30(38)21-7-3-2-4-8-21)19-23-9-5-6-10-28(23)36(42)43/h2-20H,1H3,(H,33,37)(H,34,39)(H,35,38)(H,40,41)/b27-19-. The maximum absolute atomic E-state index is 13.3. The van der Waals surface area contributed by atoms with Gasteiger partial charge in [0, 0.05) is 27.9 Å². The predicted molar refractivity (Wildman–Crippen MR) is 167 cm³/mol. The first kappa shape index (κ1) is 31.2. The Labute approximate surface area is 256 Å². The number of para-hydroxylation sites is 1. The Hall–Kier alpha value is -5.75. The lowest BCUT2D eigenvalue weighted by Gasteiger charge is -2.14. The molecule has 1 atom stereocenters. The van der Waals surface area contributed by atoms with Gasteiger partial charge in [-0.25, -0.2) is 4.79 Å². The van der Waals surface area contributed by atoms with Gasteiger partial charge in [-0.1, -0.05) is 30.3 Å². The summed E-state index contributed by atoms with van der Waals surface area (Å²) in [5.41, 5.74) is 0.961. The SMILES string of the molecule is CC(Sc1ccc(NC(=O)/C(=C/c2ccccc2[N+](=O)[O-])NC(=O)c2ccccc2)cc1)C(=O)Nc1ccc(C(=O)O)cc1. The van der Waals surface area contributed by atoms with Gasteiger partial charge in [-0.2, -0.15) is 0 Å². The van der Waals surface area contributed by atoms with Crippen molar-refractivity contribution >= 4 is 58.6 Å². The third-order valence-electron chi connectivity index (χ3n) is 6.16. The van der Waals surface area contributed by atoms with E-state index >= 15 is 0 Å². The molecule has 0 heterocycles. The summed E-state index contributed by atoms with van der Waals surface area (Å²) in [4.78, 5) is 61.5. The monoisotopic (exact) mass is 610 g/mol. The van der Waals surface area contributed by atoms with Crippen molar-refractivity contribution < 1.29 is 29.2 Å². The van der Waals surface area contributed by atoms with Crippen LogP contribution in [0.1, 0.15) is 33.2 Å². The van der Waals surface area contributed by atoms with Crippen molar-refractivity contribution in [2.75, 3.05) is 10.6 Å². The summed E-state index contributed by atoms with van der Waals surface area (Å²) in [5.74, 6) is -2.61. The average Bonchev–Trinajstić information content (AvgIpc) is 3.02. The minimum absolute atomic E-state index is 0.111. The van der Waals surface area contributed by atoms with Gasteiger partial charge in [-0.05, 0) is 79.7 Å². The zero-order valence-corrected chi connectivity index (χ0v) is 24.0. The van der Waals surface area contributed by atoms with Crippen molar-refractivity contribution in [3.05, 3.63) is 136 Å². The predicted octanol–water partition coefficient (Wildman–Crippen LogP) is 5.82. The molecule has 0 radical (unpaired) electrons. The number of nitro groups is 1. The summed E-state index contributed by atoms with van der Waals surface area (Å²) in [6.07, 6.45) is 1.24. The first-order valence-electron chi connectivity index (χ1n) is 13.1. The van der Waals surface area contributed by atoms with Crippen LogP contribution in [0.15, 0.2) is 114 Å². The zero-order chi connectivity index (χ0) is 31.6. The van der Waals surface area contributed by atoms with E-state index in [2.05, 4.69) is 16.0 Å². The number of carbonyl (C=O) groups is 4. The van der Waals surface area contributed by atoms with E-state index in [4.69, 9.17) is 5.11 Å².